The fraction of sp³-hybridized carbons (Fsp3) is 0.188. The van der Waals surface area contributed by atoms with Gasteiger partial charge in [0.05, 0.1) is 6.54 Å². The number of benzene rings is 2. The lowest BCUT2D eigenvalue weighted by Crippen LogP contribution is -2.25. The van der Waals surface area contributed by atoms with E-state index in [9.17, 15) is 13.6 Å². The van der Waals surface area contributed by atoms with E-state index in [2.05, 4.69) is 0 Å². The lowest BCUT2D eigenvalue weighted by molar-refractivity contribution is 0.0942. The lowest BCUT2D eigenvalue weighted by atomic mass is 10.1. The zero-order valence-electron chi connectivity index (χ0n) is 11.1. The number of likely N-dealkylation sites (N-methyl/N-ethyl adjacent to an activating group) is 1. The van der Waals surface area contributed by atoms with Crippen LogP contribution in [0.3, 0.4) is 0 Å². The van der Waals surface area contributed by atoms with E-state index >= 15 is 0 Å². The minimum atomic E-state index is -0.419. The molecule has 0 aromatic heterocycles. The van der Waals surface area contributed by atoms with Gasteiger partial charge in [0.15, 0.2) is 5.78 Å². The molecule has 20 heavy (non-hydrogen) atoms. The van der Waals surface area contributed by atoms with Gasteiger partial charge in [0.2, 0.25) is 0 Å². The highest BCUT2D eigenvalue weighted by Gasteiger charge is 2.10. The third kappa shape index (κ3) is 3.96. The van der Waals surface area contributed by atoms with Crippen molar-refractivity contribution in [1.29, 1.82) is 0 Å². The zero-order chi connectivity index (χ0) is 14.5. The summed E-state index contributed by atoms with van der Waals surface area (Å²) in [5.74, 6) is -0.849. The molecule has 2 nitrogen and oxygen atoms in total. The van der Waals surface area contributed by atoms with E-state index in [1.165, 1.54) is 30.3 Å². The molecule has 2 rings (SSSR count). The smallest absolute Gasteiger partial charge is 0.176 e. The molecule has 0 heterocycles. The molecule has 0 saturated carbocycles. The number of ketones is 1. The predicted octanol–water partition coefficient (Wildman–Crippen LogP) is 3.28. The second kappa shape index (κ2) is 6.39. The summed E-state index contributed by atoms with van der Waals surface area (Å²) in [7, 11) is 1.79. The largest absolute Gasteiger partial charge is 0.295 e. The van der Waals surface area contributed by atoms with Crippen molar-refractivity contribution in [1.82, 2.24) is 4.90 Å². The van der Waals surface area contributed by atoms with E-state index in [0.717, 1.165) is 5.56 Å². The van der Waals surface area contributed by atoms with Gasteiger partial charge in [-0.3, -0.25) is 9.69 Å². The van der Waals surface area contributed by atoms with Crippen molar-refractivity contribution >= 4 is 5.78 Å². The Labute approximate surface area is 116 Å². The Balaban J connectivity index is 1.95. The third-order valence-corrected chi connectivity index (χ3v) is 2.93. The van der Waals surface area contributed by atoms with Crippen LogP contribution < -0.4 is 0 Å². The molecular formula is C16H15F2NO. The highest BCUT2D eigenvalue weighted by atomic mass is 19.1. The molecule has 0 radical (unpaired) electrons. The van der Waals surface area contributed by atoms with Crippen LogP contribution in [-0.4, -0.2) is 24.3 Å². The third-order valence-electron chi connectivity index (χ3n) is 2.93. The average molecular weight is 275 g/mol. The fourth-order valence-corrected chi connectivity index (χ4v) is 1.96. The first-order valence-corrected chi connectivity index (χ1v) is 6.26. The standard InChI is InChI=1S/C16H15F2NO/c1-19(10-12-5-7-14(17)8-6-12)11-16(20)13-3-2-4-15(18)9-13/h2-9H,10-11H2,1H3. The van der Waals surface area contributed by atoms with Gasteiger partial charge in [0.25, 0.3) is 0 Å². The molecule has 0 saturated heterocycles. The first kappa shape index (κ1) is 14.3. The normalized spacial score (nSPS) is 10.8. The first-order valence-electron chi connectivity index (χ1n) is 6.26. The van der Waals surface area contributed by atoms with Gasteiger partial charge < -0.3 is 0 Å². The molecule has 0 amide bonds. The van der Waals surface area contributed by atoms with Gasteiger partial charge in [-0.15, -0.1) is 0 Å². The molecule has 0 aliphatic carbocycles. The number of Topliss-reactive ketones (excluding diaryl/α,β-unsaturated/α-hetero) is 1. The van der Waals surface area contributed by atoms with Crippen LogP contribution in [0.2, 0.25) is 0 Å². The molecule has 4 heteroatoms. The van der Waals surface area contributed by atoms with Crippen LogP contribution in [0.25, 0.3) is 0 Å². The summed E-state index contributed by atoms with van der Waals surface area (Å²) in [6.07, 6.45) is 0. The van der Waals surface area contributed by atoms with Crippen molar-refractivity contribution in [2.45, 2.75) is 6.54 Å². The van der Waals surface area contributed by atoms with Crippen LogP contribution in [0.1, 0.15) is 15.9 Å². The van der Waals surface area contributed by atoms with Crippen LogP contribution in [0, 0.1) is 11.6 Å². The topological polar surface area (TPSA) is 20.3 Å². The number of carbonyl (C=O) groups excluding carboxylic acids is 1. The minimum absolute atomic E-state index is 0.144. The van der Waals surface area contributed by atoms with Crippen LogP contribution in [0.5, 0.6) is 0 Å². The molecule has 104 valence electrons. The molecule has 2 aromatic carbocycles. The molecule has 0 N–H and O–H groups in total. The van der Waals surface area contributed by atoms with Crippen LogP contribution in [0.4, 0.5) is 8.78 Å². The summed E-state index contributed by atoms with van der Waals surface area (Å²) in [6.45, 7) is 0.710. The van der Waals surface area contributed by atoms with Crippen LogP contribution in [0.15, 0.2) is 48.5 Å². The Morgan fingerprint density at radius 2 is 1.75 bits per heavy atom. The number of hydrogen-bond donors (Lipinski definition) is 0. The number of halogens is 2. The van der Waals surface area contributed by atoms with E-state index < -0.39 is 5.82 Å². The second-order valence-corrected chi connectivity index (χ2v) is 4.73. The van der Waals surface area contributed by atoms with E-state index in [4.69, 9.17) is 0 Å². The van der Waals surface area contributed by atoms with Gasteiger partial charge in [-0.2, -0.15) is 0 Å². The van der Waals surface area contributed by atoms with Gasteiger partial charge >= 0.3 is 0 Å². The molecule has 0 bridgehead atoms. The molecule has 0 fully saturated rings. The van der Waals surface area contributed by atoms with E-state index in [-0.39, 0.29) is 18.1 Å². The number of nitrogens with zero attached hydrogens (tertiary/aromatic N) is 1. The van der Waals surface area contributed by atoms with Gasteiger partial charge in [0, 0.05) is 12.1 Å². The van der Waals surface area contributed by atoms with Crippen LogP contribution in [-0.2, 0) is 6.54 Å². The molecule has 0 aliphatic rings. The van der Waals surface area contributed by atoms with Crippen molar-refractivity contribution in [2.24, 2.45) is 0 Å². The number of hydrogen-bond acceptors (Lipinski definition) is 2. The Bertz CT molecular complexity index is 596. The maximum absolute atomic E-state index is 13.0. The molecule has 0 aliphatic heterocycles. The van der Waals surface area contributed by atoms with Crippen molar-refractivity contribution < 1.29 is 13.6 Å². The highest BCUT2D eigenvalue weighted by molar-refractivity contribution is 5.97. The van der Waals surface area contributed by atoms with Crippen molar-refractivity contribution in [3.63, 3.8) is 0 Å². The summed E-state index contributed by atoms with van der Waals surface area (Å²) in [5.41, 5.74) is 1.27. The Kier molecular flexibility index (Phi) is 4.58. The SMILES string of the molecule is CN(CC(=O)c1cccc(F)c1)Cc1ccc(F)cc1. The summed E-state index contributed by atoms with van der Waals surface area (Å²) < 4.78 is 25.8. The van der Waals surface area contributed by atoms with Gasteiger partial charge in [0.1, 0.15) is 11.6 Å². The Morgan fingerprint density at radius 1 is 1.05 bits per heavy atom. The van der Waals surface area contributed by atoms with E-state index in [1.807, 2.05) is 0 Å². The van der Waals surface area contributed by atoms with Crippen molar-refractivity contribution in [3.05, 3.63) is 71.3 Å². The summed E-state index contributed by atoms with van der Waals surface area (Å²) in [5, 5.41) is 0. The summed E-state index contributed by atoms with van der Waals surface area (Å²) in [6, 6.07) is 11.8. The van der Waals surface area contributed by atoms with Crippen LogP contribution >= 0.6 is 0 Å². The monoisotopic (exact) mass is 275 g/mol. The van der Waals surface area contributed by atoms with E-state index in [0.29, 0.717) is 12.1 Å². The number of rotatable bonds is 5. The minimum Gasteiger partial charge on any atom is -0.295 e. The fourth-order valence-electron chi connectivity index (χ4n) is 1.96. The molecule has 0 atom stereocenters. The van der Waals surface area contributed by atoms with Crippen molar-refractivity contribution in [3.8, 4) is 0 Å². The lowest BCUT2D eigenvalue weighted by Gasteiger charge is -2.15. The number of carbonyl (C=O) groups is 1. The summed E-state index contributed by atoms with van der Waals surface area (Å²) >= 11 is 0. The Hall–Kier alpha value is -2.07. The molecule has 0 spiro atoms. The first-order chi connectivity index (χ1) is 9.54. The van der Waals surface area contributed by atoms with E-state index in [1.54, 1.807) is 30.1 Å². The maximum atomic E-state index is 13.0. The predicted molar refractivity (Wildman–Crippen MR) is 73.5 cm³/mol. The second-order valence-electron chi connectivity index (χ2n) is 4.73. The Morgan fingerprint density at radius 3 is 2.40 bits per heavy atom. The highest BCUT2D eigenvalue weighted by Crippen LogP contribution is 2.08. The van der Waals surface area contributed by atoms with Gasteiger partial charge in [-0.25, -0.2) is 8.78 Å². The zero-order valence-corrected chi connectivity index (χ0v) is 11.1. The quantitative estimate of drug-likeness (QED) is 0.780. The van der Waals surface area contributed by atoms with Gasteiger partial charge in [-0.1, -0.05) is 24.3 Å². The van der Waals surface area contributed by atoms with Crippen molar-refractivity contribution in [2.75, 3.05) is 13.6 Å². The molecule has 2 aromatic rings. The van der Waals surface area contributed by atoms with Gasteiger partial charge in [-0.05, 0) is 36.9 Å². The molecule has 0 unspecified atom stereocenters. The maximum Gasteiger partial charge on any atom is 0.176 e. The molecular weight excluding hydrogens is 260 g/mol. The average Bonchev–Trinajstić information content (AvgIpc) is 2.41. The summed E-state index contributed by atoms with van der Waals surface area (Å²) in [4.78, 5) is 13.8.